The van der Waals surface area contributed by atoms with E-state index < -0.39 is 5.60 Å². The van der Waals surface area contributed by atoms with Gasteiger partial charge in [0.25, 0.3) is 0 Å². The van der Waals surface area contributed by atoms with Crippen molar-refractivity contribution < 1.29 is 9.53 Å². The van der Waals surface area contributed by atoms with Gasteiger partial charge in [0.2, 0.25) is 0 Å². The Hall–Kier alpha value is -0.850. The summed E-state index contributed by atoms with van der Waals surface area (Å²) in [4.78, 5) is 16.5. The van der Waals surface area contributed by atoms with Crippen LogP contribution in [0.5, 0.6) is 0 Å². The van der Waals surface area contributed by atoms with Gasteiger partial charge in [-0.15, -0.1) is 0 Å². The van der Waals surface area contributed by atoms with Gasteiger partial charge < -0.3 is 20.7 Å². The molecule has 0 radical (unpaired) electrons. The minimum absolute atomic E-state index is 0.190. The third-order valence-corrected chi connectivity index (χ3v) is 4.62. The second kappa shape index (κ2) is 9.59. The van der Waals surface area contributed by atoms with Crippen molar-refractivity contribution in [2.45, 2.75) is 65.6 Å². The molecule has 1 aliphatic heterocycles. The highest BCUT2D eigenvalue weighted by Crippen LogP contribution is 2.18. The zero-order valence-electron chi connectivity index (χ0n) is 16.5. The van der Waals surface area contributed by atoms with E-state index in [9.17, 15) is 4.79 Å². The Morgan fingerprint density at radius 3 is 2.21 bits per heavy atom. The van der Waals surface area contributed by atoms with Gasteiger partial charge in [0.05, 0.1) is 0 Å². The maximum Gasteiger partial charge on any atom is 0.410 e. The molecule has 0 aromatic heterocycles. The van der Waals surface area contributed by atoms with Crippen LogP contribution in [0.25, 0.3) is 0 Å². The van der Waals surface area contributed by atoms with Crippen LogP contribution in [-0.2, 0) is 4.74 Å². The van der Waals surface area contributed by atoms with Crippen LogP contribution in [0.4, 0.5) is 4.79 Å². The molecule has 1 fully saturated rings. The molecule has 3 unspecified atom stereocenters. The summed E-state index contributed by atoms with van der Waals surface area (Å²) in [7, 11) is 0. The van der Waals surface area contributed by atoms with Crippen molar-refractivity contribution in [1.29, 1.82) is 0 Å². The SMILES string of the molecule is CCC(CNCC(C)N)C(C)N1CCN(C(=O)OC(C)(C)C)CC1. The number of ether oxygens (including phenoxy) is 1. The molecule has 0 aromatic rings. The summed E-state index contributed by atoms with van der Waals surface area (Å²) >= 11 is 0. The molecule has 142 valence electrons. The number of rotatable bonds is 7. The molecule has 1 heterocycles. The molecule has 1 aliphatic rings. The van der Waals surface area contributed by atoms with E-state index in [1.54, 1.807) is 0 Å². The predicted molar refractivity (Wildman–Crippen MR) is 99.1 cm³/mol. The van der Waals surface area contributed by atoms with Crippen molar-refractivity contribution in [2.24, 2.45) is 11.7 Å². The highest BCUT2D eigenvalue weighted by atomic mass is 16.6. The normalized spacial score (nSPS) is 20.5. The second-order valence-electron chi connectivity index (χ2n) is 8.05. The summed E-state index contributed by atoms with van der Waals surface area (Å²) in [6, 6.07) is 0.687. The van der Waals surface area contributed by atoms with E-state index in [1.165, 1.54) is 0 Å². The van der Waals surface area contributed by atoms with Gasteiger partial charge in [-0.05, 0) is 47.1 Å². The van der Waals surface area contributed by atoms with Crippen molar-refractivity contribution >= 4 is 6.09 Å². The Balaban J connectivity index is 2.43. The number of carbonyl (C=O) groups is 1. The fraction of sp³-hybridized carbons (Fsp3) is 0.944. The van der Waals surface area contributed by atoms with Gasteiger partial charge in [-0.25, -0.2) is 4.79 Å². The van der Waals surface area contributed by atoms with E-state index in [0.717, 1.165) is 45.7 Å². The quantitative estimate of drug-likeness (QED) is 0.739. The number of hydrogen-bond acceptors (Lipinski definition) is 5. The van der Waals surface area contributed by atoms with Gasteiger partial charge in [-0.2, -0.15) is 0 Å². The smallest absolute Gasteiger partial charge is 0.410 e. The first-order chi connectivity index (χ1) is 11.1. The number of carbonyl (C=O) groups excluding carboxylic acids is 1. The van der Waals surface area contributed by atoms with Crippen LogP contribution in [0, 0.1) is 5.92 Å². The maximum atomic E-state index is 12.1. The molecule has 3 N–H and O–H groups in total. The molecule has 6 heteroatoms. The monoisotopic (exact) mass is 342 g/mol. The molecule has 0 aromatic carbocycles. The average Bonchev–Trinajstić information content (AvgIpc) is 2.49. The Kier molecular flexibility index (Phi) is 8.46. The highest BCUT2D eigenvalue weighted by Gasteiger charge is 2.29. The van der Waals surface area contributed by atoms with E-state index in [0.29, 0.717) is 12.0 Å². The lowest BCUT2D eigenvalue weighted by molar-refractivity contribution is 0.00774. The second-order valence-corrected chi connectivity index (χ2v) is 8.05. The molecule has 6 nitrogen and oxygen atoms in total. The molecule has 24 heavy (non-hydrogen) atoms. The highest BCUT2D eigenvalue weighted by molar-refractivity contribution is 5.68. The van der Waals surface area contributed by atoms with Gasteiger partial charge in [-0.1, -0.05) is 13.3 Å². The molecule has 1 rings (SSSR count). The maximum absolute atomic E-state index is 12.1. The molecule has 1 saturated heterocycles. The van der Waals surface area contributed by atoms with E-state index >= 15 is 0 Å². The fourth-order valence-electron chi connectivity index (χ4n) is 3.09. The zero-order valence-corrected chi connectivity index (χ0v) is 16.5. The Bertz CT molecular complexity index is 374. The van der Waals surface area contributed by atoms with Gasteiger partial charge >= 0.3 is 6.09 Å². The predicted octanol–water partition coefficient (Wildman–Crippen LogP) is 1.89. The van der Waals surface area contributed by atoms with E-state index in [4.69, 9.17) is 10.5 Å². The Labute approximate surface area is 148 Å². The third kappa shape index (κ3) is 7.36. The topological polar surface area (TPSA) is 70.8 Å². The van der Waals surface area contributed by atoms with Crippen LogP contribution >= 0.6 is 0 Å². The lowest BCUT2D eigenvalue weighted by Crippen LogP contribution is -2.54. The summed E-state index contributed by atoms with van der Waals surface area (Å²) < 4.78 is 5.46. The number of nitrogens with zero attached hydrogens (tertiary/aromatic N) is 2. The Morgan fingerprint density at radius 2 is 1.75 bits per heavy atom. The molecular formula is C18H38N4O2. The fourth-order valence-corrected chi connectivity index (χ4v) is 3.09. The van der Waals surface area contributed by atoms with E-state index in [-0.39, 0.29) is 12.1 Å². The standard InChI is InChI=1S/C18H38N4O2/c1-7-16(13-20-12-14(2)19)15(3)21-8-10-22(11-9-21)17(23)24-18(4,5)6/h14-16,20H,7-13,19H2,1-6H3. The number of hydrogen-bond donors (Lipinski definition) is 2. The van der Waals surface area contributed by atoms with Gasteiger partial charge in [-0.3, -0.25) is 4.90 Å². The third-order valence-electron chi connectivity index (χ3n) is 4.62. The molecule has 0 saturated carbocycles. The molecule has 0 bridgehead atoms. The molecule has 0 aliphatic carbocycles. The van der Waals surface area contributed by atoms with Crippen LogP contribution in [-0.4, -0.2) is 72.8 Å². The largest absolute Gasteiger partial charge is 0.444 e. The van der Waals surface area contributed by atoms with Crippen LogP contribution in [0.3, 0.4) is 0 Å². The number of nitrogens with one attached hydrogen (secondary N) is 1. The van der Waals surface area contributed by atoms with Crippen LogP contribution in [0.15, 0.2) is 0 Å². The molecule has 1 amide bonds. The van der Waals surface area contributed by atoms with Crippen molar-refractivity contribution in [3.63, 3.8) is 0 Å². The van der Waals surface area contributed by atoms with Crippen LogP contribution in [0.1, 0.15) is 48.0 Å². The summed E-state index contributed by atoms with van der Waals surface area (Å²) in [6.07, 6.45) is 0.944. The van der Waals surface area contributed by atoms with Crippen molar-refractivity contribution in [2.75, 3.05) is 39.3 Å². The minimum Gasteiger partial charge on any atom is -0.444 e. The van der Waals surface area contributed by atoms with Gasteiger partial charge in [0.1, 0.15) is 5.60 Å². The molecule has 3 atom stereocenters. The van der Waals surface area contributed by atoms with E-state index in [2.05, 4.69) is 24.1 Å². The van der Waals surface area contributed by atoms with Crippen molar-refractivity contribution in [1.82, 2.24) is 15.1 Å². The molecular weight excluding hydrogens is 304 g/mol. The van der Waals surface area contributed by atoms with Crippen LogP contribution in [0.2, 0.25) is 0 Å². The summed E-state index contributed by atoms with van der Waals surface area (Å²) in [5.41, 5.74) is 5.37. The summed E-state index contributed by atoms with van der Waals surface area (Å²) in [5, 5.41) is 3.47. The van der Waals surface area contributed by atoms with Crippen LogP contribution < -0.4 is 11.1 Å². The van der Waals surface area contributed by atoms with E-state index in [1.807, 2.05) is 32.6 Å². The zero-order chi connectivity index (χ0) is 18.3. The lowest BCUT2D eigenvalue weighted by Gasteiger charge is -2.41. The van der Waals surface area contributed by atoms with Crippen molar-refractivity contribution in [3.05, 3.63) is 0 Å². The first-order valence-corrected chi connectivity index (χ1v) is 9.32. The average molecular weight is 343 g/mol. The first-order valence-electron chi connectivity index (χ1n) is 9.32. The Morgan fingerprint density at radius 1 is 1.17 bits per heavy atom. The number of nitrogens with two attached hydrogens (primary N) is 1. The number of piperazine rings is 1. The van der Waals surface area contributed by atoms with Gasteiger partial charge in [0.15, 0.2) is 0 Å². The minimum atomic E-state index is -0.430. The summed E-state index contributed by atoms with van der Waals surface area (Å²) in [6.45, 7) is 17.4. The van der Waals surface area contributed by atoms with Crippen molar-refractivity contribution in [3.8, 4) is 0 Å². The molecule has 0 spiro atoms. The van der Waals surface area contributed by atoms with Gasteiger partial charge in [0, 0.05) is 44.8 Å². The number of amides is 1. The first kappa shape index (κ1) is 21.2. The lowest BCUT2D eigenvalue weighted by atomic mass is 9.96. The summed E-state index contributed by atoms with van der Waals surface area (Å²) in [5.74, 6) is 0.594.